The first-order valence-corrected chi connectivity index (χ1v) is 11.0. The number of ether oxygens (including phenoxy) is 1. The predicted molar refractivity (Wildman–Crippen MR) is 135 cm³/mol. The number of hydrogen-bond donors (Lipinski definition) is 1. The largest absolute Gasteiger partial charge is 0.457 e. The van der Waals surface area contributed by atoms with Crippen molar-refractivity contribution in [3.63, 3.8) is 0 Å². The van der Waals surface area contributed by atoms with Crippen LogP contribution in [0.15, 0.2) is 115 Å². The van der Waals surface area contributed by atoms with Crippen molar-refractivity contribution in [3.05, 3.63) is 126 Å². The summed E-state index contributed by atoms with van der Waals surface area (Å²) < 4.78 is 9.15. The molecule has 0 saturated heterocycles. The van der Waals surface area contributed by atoms with Crippen LogP contribution in [0.2, 0.25) is 0 Å². The standard InChI is InChI=1S/C28H22N4O3/c1-2-27(33)30-18-20-7-6-8-22(17-20)32-25-15-16-29-19-26(25)31(28(32)34)21-11-13-24(14-12-21)35-23-9-4-3-5-10-23/h2-17,19H,1,18H2,(H,30,33). The molecule has 0 unspecified atom stereocenters. The van der Waals surface area contributed by atoms with Crippen molar-refractivity contribution in [1.82, 2.24) is 19.4 Å². The summed E-state index contributed by atoms with van der Waals surface area (Å²) >= 11 is 0. The SMILES string of the molecule is C=CC(=O)NCc1cccc(-n2c(=O)n(-c3ccc(Oc4ccccc4)cc3)c3cnccc32)c1. The van der Waals surface area contributed by atoms with E-state index >= 15 is 0 Å². The third kappa shape index (κ3) is 4.47. The van der Waals surface area contributed by atoms with Crippen molar-refractivity contribution < 1.29 is 9.53 Å². The van der Waals surface area contributed by atoms with E-state index in [1.807, 2.05) is 84.9 Å². The van der Waals surface area contributed by atoms with E-state index in [1.165, 1.54) is 6.08 Å². The minimum atomic E-state index is -0.255. The van der Waals surface area contributed by atoms with E-state index in [0.29, 0.717) is 29.2 Å². The van der Waals surface area contributed by atoms with Crippen LogP contribution in [0.3, 0.4) is 0 Å². The first-order valence-electron chi connectivity index (χ1n) is 11.0. The minimum Gasteiger partial charge on any atom is -0.457 e. The number of carbonyl (C=O) groups is 1. The molecule has 0 aliphatic rings. The van der Waals surface area contributed by atoms with Crippen LogP contribution in [0.5, 0.6) is 11.5 Å². The predicted octanol–water partition coefficient (Wildman–Crippen LogP) is 4.77. The highest BCUT2D eigenvalue weighted by molar-refractivity contribution is 5.86. The van der Waals surface area contributed by atoms with Crippen LogP contribution in [-0.4, -0.2) is 20.0 Å². The Balaban J connectivity index is 1.53. The van der Waals surface area contributed by atoms with Gasteiger partial charge in [0.05, 0.1) is 28.6 Å². The number of nitrogens with zero attached hydrogens (tertiary/aromatic N) is 3. The number of imidazole rings is 1. The Labute approximate surface area is 201 Å². The second-order valence-corrected chi connectivity index (χ2v) is 7.82. The zero-order valence-electron chi connectivity index (χ0n) is 18.8. The highest BCUT2D eigenvalue weighted by Crippen LogP contribution is 2.25. The number of amides is 1. The van der Waals surface area contributed by atoms with Crippen LogP contribution in [-0.2, 0) is 11.3 Å². The molecular weight excluding hydrogens is 440 g/mol. The van der Waals surface area contributed by atoms with Gasteiger partial charge in [0, 0.05) is 12.7 Å². The lowest BCUT2D eigenvalue weighted by atomic mass is 10.2. The molecule has 0 fully saturated rings. The van der Waals surface area contributed by atoms with Gasteiger partial charge in [-0.2, -0.15) is 0 Å². The van der Waals surface area contributed by atoms with E-state index in [-0.39, 0.29) is 11.6 Å². The van der Waals surface area contributed by atoms with Crippen molar-refractivity contribution in [1.29, 1.82) is 0 Å². The topological polar surface area (TPSA) is 78.2 Å². The van der Waals surface area contributed by atoms with Gasteiger partial charge in [-0.15, -0.1) is 0 Å². The van der Waals surface area contributed by atoms with E-state index in [4.69, 9.17) is 4.74 Å². The third-order valence-corrected chi connectivity index (χ3v) is 5.54. The number of para-hydroxylation sites is 1. The minimum absolute atomic E-state index is 0.225. The number of fused-ring (bicyclic) bond motifs is 1. The van der Waals surface area contributed by atoms with Crippen LogP contribution >= 0.6 is 0 Å². The molecule has 2 heterocycles. The number of hydrogen-bond acceptors (Lipinski definition) is 4. The van der Waals surface area contributed by atoms with Crippen LogP contribution in [0.1, 0.15) is 5.56 Å². The van der Waals surface area contributed by atoms with Gasteiger partial charge in [-0.05, 0) is 66.2 Å². The van der Waals surface area contributed by atoms with Gasteiger partial charge in [-0.1, -0.05) is 36.9 Å². The first kappa shape index (κ1) is 21.9. The molecule has 0 radical (unpaired) electrons. The number of rotatable bonds is 7. The lowest BCUT2D eigenvalue weighted by molar-refractivity contribution is -0.116. The zero-order valence-corrected chi connectivity index (χ0v) is 18.8. The molecule has 0 saturated carbocycles. The molecule has 5 rings (SSSR count). The molecule has 3 aromatic carbocycles. The van der Waals surface area contributed by atoms with Crippen LogP contribution in [0.25, 0.3) is 22.4 Å². The summed E-state index contributed by atoms with van der Waals surface area (Å²) in [7, 11) is 0. The van der Waals surface area contributed by atoms with Gasteiger partial charge in [0.2, 0.25) is 5.91 Å². The highest BCUT2D eigenvalue weighted by atomic mass is 16.5. The number of nitrogens with one attached hydrogen (secondary N) is 1. The summed E-state index contributed by atoms with van der Waals surface area (Å²) in [6.07, 6.45) is 4.56. The summed E-state index contributed by atoms with van der Waals surface area (Å²) in [5.41, 5.74) is 3.43. The normalized spacial score (nSPS) is 10.7. The molecule has 2 aromatic heterocycles. The third-order valence-electron chi connectivity index (χ3n) is 5.54. The first-order chi connectivity index (χ1) is 17.1. The molecule has 0 spiro atoms. The fraction of sp³-hybridized carbons (Fsp3) is 0.0357. The summed E-state index contributed by atoms with van der Waals surface area (Å²) in [4.78, 5) is 29.5. The highest BCUT2D eigenvalue weighted by Gasteiger charge is 2.16. The molecule has 5 aromatic rings. The average Bonchev–Trinajstić information content (AvgIpc) is 3.20. The summed E-state index contributed by atoms with van der Waals surface area (Å²) in [6, 6.07) is 26.2. The van der Waals surface area contributed by atoms with Gasteiger partial charge in [0.15, 0.2) is 0 Å². The number of carbonyl (C=O) groups excluding carboxylic acids is 1. The van der Waals surface area contributed by atoms with E-state index in [0.717, 1.165) is 16.8 Å². The monoisotopic (exact) mass is 462 g/mol. The molecule has 1 amide bonds. The van der Waals surface area contributed by atoms with Gasteiger partial charge in [-0.3, -0.25) is 18.9 Å². The fourth-order valence-electron chi connectivity index (χ4n) is 3.90. The van der Waals surface area contributed by atoms with Gasteiger partial charge < -0.3 is 10.1 Å². The van der Waals surface area contributed by atoms with Crippen LogP contribution in [0.4, 0.5) is 0 Å². The Bertz CT molecular complexity index is 1570. The molecule has 35 heavy (non-hydrogen) atoms. The Kier molecular flexibility index (Phi) is 5.96. The number of aromatic nitrogens is 3. The molecular formula is C28H22N4O3. The molecule has 7 heteroatoms. The van der Waals surface area contributed by atoms with Gasteiger partial charge in [-0.25, -0.2) is 4.79 Å². The quantitative estimate of drug-likeness (QED) is 0.354. The van der Waals surface area contributed by atoms with Crippen molar-refractivity contribution in [2.45, 2.75) is 6.54 Å². The second kappa shape index (κ2) is 9.52. The molecule has 0 atom stereocenters. The Morgan fingerprint density at radius 2 is 1.63 bits per heavy atom. The van der Waals surface area contributed by atoms with Crippen molar-refractivity contribution in [3.8, 4) is 22.9 Å². The maximum absolute atomic E-state index is 13.7. The molecule has 1 N–H and O–H groups in total. The lowest BCUT2D eigenvalue weighted by Crippen LogP contribution is -2.23. The van der Waals surface area contributed by atoms with Crippen LogP contribution in [0, 0.1) is 0 Å². The Hall–Kier alpha value is -4.91. The number of benzene rings is 3. The fourth-order valence-corrected chi connectivity index (χ4v) is 3.90. The van der Waals surface area contributed by atoms with E-state index in [2.05, 4.69) is 16.9 Å². The van der Waals surface area contributed by atoms with Crippen molar-refractivity contribution in [2.24, 2.45) is 0 Å². The lowest BCUT2D eigenvalue weighted by Gasteiger charge is -2.08. The van der Waals surface area contributed by atoms with E-state index in [1.54, 1.807) is 21.5 Å². The second-order valence-electron chi connectivity index (χ2n) is 7.82. The summed E-state index contributed by atoms with van der Waals surface area (Å²) in [5.74, 6) is 1.15. The average molecular weight is 463 g/mol. The Morgan fingerprint density at radius 1 is 0.886 bits per heavy atom. The maximum atomic E-state index is 13.7. The smallest absolute Gasteiger partial charge is 0.338 e. The van der Waals surface area contributed by atoms with E-state index in [9.17, 15) is 9.59 Å². The van der Waals surface area contributed by atoms with Crippen molar-refractivity contribution in [2.75, 3.05) is 0 Å². The number of pyridine rings is 1. The van der Waals surface area contributed by atoms with Gasteiger partial charge in [0.1, 0.15) is 11.5 Å². The van der Waals surface area contributed by atoms with Crippen molar-refractivity contribution >= 4 is 16.9 Å². The summed E-state index contributed by atoms with van der Waals surface area (Å²) in [6.45, 7) is 3.80. The van der Waals surface area contributed by atoms with Gasteiger partial charge in [0.25, 0.3) is 0 Å². The van der Waals surface area contributed by atoms with Crippen LogP contribution < -0.4 is 15.7 Å². The molecule has 172 valence electrons. The van der Waals surface area contributed by atoms with E-state index < -0.39 is 0 Å². The maximum Gasteiger partial charge on any atom is 0.338 e. The molecule has 0 bridgehead atoms. The molecule has 0 aliphatic heterocycles. The Morgan fingerprint density at radius 3 is 2.40 bits per heavy atom. The molecule has 7 nitrogen and oxygen atoms in total. The zero-order chi connectivity index (χ0) is 24.2. The van der Waals surface area contributed by atoms with Gasteiger partial charge >= 0.3 is 5.69 Å². The summed E-state index contributed by atoms with van der Waals surface area (Å²) in [5, 5.41) is 2.76. The molecule has 0 aliphatic carbocycles.